The number of anilines is 1. The average molecular weight is 341 g/mol. The first-order chi connectivity index (χ1) is 9.49. The summed E-state index contributed by atoms with van der Waals surface area (Å²) in [5, 5.41) is 13.7. The Balaban J connectivity index is 2.34. The number of nitrogens with zero attached hydrogens (tertiary/aromatic N) is 1. The minimum atomic E-state index is -0.506. The fourth-order valence-electron chi connectivity index (χ4n) is 1.57. The third-order valence-corrected chi connectivity index (χ3v) is 3.13. The summed E-state index contributed by atoms with van der Waals surface area (Å²) in [5.74, 6) is 0.259. The summed E-state index contributed by atoms with van der Waals surface area (Å²) < 4.78 is 18.9. The molecule has 0 unspecified atom stereocenters. The Morgan fingerprint density at radius 2 is 2.00 bits per heavy atom. The number of nitro groups is 1. The maximum Gasteiger partial charge on any atom is 0.275 e. The lowest BCUT2D eigenvalue weighted by Gasteiger charge is -2.08. The molecule has 0 fully saturated rings. The molecule has 0 atom stereocenters. The molecule has 0 bridgehead atoms. The van der Waals surface area contributed by atoms with Crippen molar-refractivity contribution in [3.05, 3.63) is 56.8 Å². The van der Waals surface area contributed by atoms with Crippen molar-refractivity contribution in [3.8, 4) is 11.5 Å². The summed E-state index contributed by atoms with van der Waals surface area (Å²) in [5.41, 5.74) is 0.461. The van der Waals surface area contributed by atoms with Crippen molar-refractivity contribution < 1.29 is 14.1 Å². The van der Waals surface area contributed by atoms with Crippen molar-refractivity contribution in [3.63, 3.8) is 0 Å². The fraction of sp³-hybridized carbons (Fsp3) is 0.0769. The fourth-order valence-corrected chi connectivity index (χ4v) is 1.93. The van der Waals surface area contributed by atoms with Gasteiger partial charge in [-0.25, -0.2) is 4.39 Å². The predicted molar refractivity (Wildman–Crippen MR) is 76.8 cm³/mol. The van der Waals surface area contributed by atoms with E-state index in [1.165, 1.54) is 30.3 Å². The second-order valence-electron chi connectivity index (χ2n) is 3.90. The zero-order chi connectivity index (χ0) is 14.7. The van der Waals surface area contributed by atoms with Gasteiger partial charge < -0.3 is 10.1 Å². The molecule has 0 amide bonds. The number of rotatable bonds is 4. The number of hydrogen-bond donors (Lipinski definition) is 1. The lowest BCUT2D eigenvalue weighted by atomic mass is 10.2. The van der Waals surface area contributed by atoms with Gasteiger partial charge in [-0.3, -0.25) is 10.1 Å². The van der Waals surface area contributed by atoms with Crippen LogP contribution in [-0.4, -0.2) is 12.0 Å². The van der Waals surface area contributed by atoms with E-state index >= 15 is 0 Å². The highest BCUT2D eigenvalue weighted by molar-refractivity contribution is 9.10. The molecular weight excluding hydrogens is 331 g/mol. The molecule has 0 aliphatic heterocycles. The number of nitrogens with one attached hydrogen (secondary N) is 1. The number of benzene rings is 2. The van der Waals surface area contributed by atoms with E-state index < -0.39 is 10.7 Å². The van der Waals surface area contributed by atoms with Crippen LogP contribution in [0.15, 0.2) is 40.9 Å². The van der Waals surface area contributed by atoms with Gasteiger partial charge in [0, 0.05) is 24.9 Å². The van der Waals surface area contributed by atoms with E-state index in [0.29, 0.717) is 17.2 Å². The van der Waals surface area contributed by atoms with Crippen LogP contribution in [0.4, 0.5) is 15.8 Å². The first kappa shape index (κ1) is 14.3. The summed E-state index contributed by atoms with van der Waals surface area (Å²) in [6, 6.07) is 8.46. The summed E-state index contributed by atoms with van der Waals surface area (Å²) in [6.07, 6.45) is 0. The number of hydrogen-bond acceptors (Lipinski definition) is 4. The Morgan fingerprint density at radius 1 is 1.25 bits per heavy atom. The van der Waals surface area contributed by atoms with E-state index in [1.54, 1.807) is 13.1 Å². The standard InChI is InChI=1S/C13H10BrFN2O3/c1-16-8-4-9(17(18)19)6-11(5-8)20-10-2-3-13(15)12(14)7-10/h2-7,16H,1H3. The smallest absolute Gasteiger partial charge is 0.275 e. The Labute approximate surface area is 122 Å². The van der Waals surface area contributed by atoms with Gasteiger partial charge in [-0.1, -0.05) is 0 Å². The van der Waals surface area contributed by atoms with Crippen LogP contribution in [0.25, 0.3) is 0 Å². The topological polar surface area (TPSA) is 64.4 Å². The first-order valence-corrected chi connectivity index (χ1v) is 6.39. The molecule has 0 aromatic heterocycles. The minimum Gasteiger partial charge on any atom is -0.457 e. The van der Waals surface area contributed by atoms with Crippen LogP contribution in [0.1, 0.15) is 0 Å². The lowest BCUT2D eigenvalue weighted by molar-refractivity contribution is -0.384. The van der Waals surface area contributed by atoms with Crippen molar-refractivity contribution >= 4 is 27.3 Å². The zero-order valence-electron chi connectivity index (χ0n) is 10.4. The van der Waals surface area contributed by atoms with Crippen LogP contribution in [0.2, 0.25) is 0 Å². The highest BCUT2D eigenvalue weighted by Gasteiger charge is 2.11. The van der Waals surface area contributed by atoms with Crippen molar-refractivity contribution in [2.45, 2.75) is 0 Å². The van der Waals surface area contributed by atoms with Gasteiger partial charge in [0.25, 0.3) is 5.69 Å². The normalized spacial score (nSPS) is 10.2. The third-order valence-electron chi connectivity index (χ3n) is 2.52. The number of halogens is 2. The van der Waals surface area contributed by atoms with Gasteiger partial charge >= 0.3 is 0 Å². The average Bonchev–Trinajstić information content (AvgIpc) is 2.42. The molecule has 7 heteroatoms. The number of non-ortho nitro benzene ring substituents is 1. The highest BCUT2D eigenvalue weighted by atomic mass is 79.9. The molecule has 0 radical (unpaired) electrons. The van der Waals surface area contributed by atoms with E-state index in [4.69, 9.17) is 4.74 Å². The van der Waals surface area contributed by atoms with Crippen LogP contribution < -0.4 is 10.1 Å². The Kier molecular flexibility index (Phi) is 4.19. The summed E-state index contributed by atoms with van der Waals surface area (Å²) in [7, 11) is 1.65. The molecule has 0 aliphatic carbocycles. The van der Waals surface area contributed by atoms with Gasteiger partial charge in [0.15, 0.2) is 0 Å². The van der Waals surface area contributed by atoms with E-state index in [9.17, 15) is 14.5 Å². The van der Waals surface area contributed by atoms with E-state index in [-0.39, 0.29) is 10.2 Å². The minimum absolute atomic E-state index is 0.0898. The lowest BCUT2D eigenvalue weighted by Crippen LogP contribution is -1.94. The van der Waals surface area contributed by atoms with Gasteiger partial charge in [-0.05, 0) is 34.1 Å². The van der Waals surface area contributed by atoms with Gasteiger partial charge in [-0.2, -0.15) is 0 Å². The molecule has 5 nitrogen and oxygen atoms in total. The maximum atomic E-state index is 13.1. The Hall–Kier alpha value is -2.15. The van der Waals surface area contributed by atoms with E-state index in [1.807, 2.05) is 0 Å². The summed E-state index contributed by atoms with van der Waals surface area (Å²) in [6.45, 7) is 0. The van der Waals surface area contributed by atoms with Crippen LogP contribution in [-0.2, 0) is 0 Å². The van der Waals surface area contributed by atoms with E-state index in [2.05, 4.69) is 21.2 Å². The molecule has 1 N–H and O–H groups in total. The van der Waals surface area contributed by atoms with Crippen LogP contribution in [0.5, 0.6) is 11.5 Å². The van der Waals surface area contributed by atoms with Crippen molar-refractivity contribution in [1.29, 1.82) is 0 Å². The quantitative estimate of drug-likeness (QED) is 0.664. The van der Waals surface area contributed by atoms with Gasteiger partial charge in [0.05, 0.1) is 15.5 Å². The number of ether oxygens (including phenoxy) is 1. The Bertz CT molecular complexity index is 664. The van der Waals surface area contributed by atoms with Crippen LogP contribution in [0.3, 0.4) is 0 Å². The van der Waals surface area contributed by atoms with Crippen molar-refractivity contribution in [2.75, 3.05) is 12.4 Å². The Morgan fingerprint density at radius 3 is 2.60 bits per heavy atom. The molecule has 0 saturated carbocycles. The molecule has 0 saturated heterocycles. The maximum absolute atomic E-state index is 13.1. The molecule has 20 heavy (non-hydrogen) atoms. The third kappa shape index (κ3) is 3.24. The first-order valence-electron chi connectivity index (χ1n) is 5.60. The molecule has 0 aliphatic rings. The van der Waals surface area contributed by atoms with E-state index in [0.717, 1.165) is 0 Å². The molecular formula is C13H10BrFN2O3. The number of nitro benzene ring substituents is 1. The monoisotopic (exact) mass is 340 g/mol. The van der Waals surface area contributed by atoms with Crippen LogP contribution in [0, 0.1) is 15.9 Å². The second kappa shape index (κ2) is 5.87. The molecule has 2 rings (SSSR count). The second-order valence-corrected chi connectivity index (χ2v) is 4.76. The van der Waals surface area contributed by atoms with Gasteiger partial charge in [0.1, 0.15) is 17.3 Å². The SMILES string of the molecule is CNc1cc(Oc2ccc(F)c(Br)c2)cc([N+](=O)[O-])c1. The molecule has 2 aromatic rings. The molecule has 0 heterocycles. The predicted octanol–water partition coefficient (Wildman–Crippen LogP) is 4.33. The highest BCUT2D eigenvalue weighted by Crippen LogP contribution is 2.31. The largest absolute Gasteiger partial charge is 0.457 e. The summed E-state index contributed by atoms with van der Waals surface area (Å²) in [4.78, 5) is 10.3. The van der Waals surface area contributed by atoms with Crippen molar-refractivity contribution in [1.82, 2.24) is 0 Å². The van der Waals surface area contributed by atoms with Crippen molar-refractivity contribution in [2.24, 2.45) is 0 Å². The zero-order valence-corrected chi connectivity index (χ0v) is 12.0. The van der Waals surface area contributed by atoms with Crippen LogP contribution >= 0.6 is 15.9 Å². The molecule has 2 aromatic carbocycles. The summed E-state index contributed by atoms with van der Waals surface area (Å²) >= 11 is 3.05. The molecule has 104 valence electrons. The molecule has 0 spiro atoms. The van der Waals surface area contributed by atoms with Gasteiger partial charge in [-0.15, -0.1) is 0 Å². The van der Waals surface area contributed by atoms with Gasteiger partial charge in [0.2, 0.25) is 0 Å².